The van der Waals surface area contributed by atoms with Crippen molar-refractivity contribution in [1.82, 2.24) is 9.97 Å². The van der Waals surface area contributed by atoms with Crippen LogP contribution in [0.5, 0.6) is 0 Å². The van der Waals surface area contributed by atoms with Gasteiger partial charge in [-0.25, -0.2) is 13.8 Å². The minimum Gasteiger partial charge on any atom is -0.352 e. The molecule has 0 atom stereocenters. The Morgan fingerprint density at radius 1 is 0.920 bits per heavy atom. The number of rotatable bonds is 5. The molecule has 25 heavy (non-hydrogen) atoms. The number of anilines is 3. The molecule has 0 aliphatic heterocycles. The lowest BCUT2D eigenvalue weighted by Gasteiger charge is -2.13. The fourth-order valence-corrected chi connectivity index (χ4v) is 2.33. The first-order valence-corrected chi connectivity index (χ1v) is 7.95. The summed E-state index contributed by atoms with van der Waals surface area (Å²) in [5, 5.41) is 5.97. The van der Waals surface area contributed by atoms with Gasteiger partial charge in [0.25, 0.3) is 0 Å². The Morgan fingerprint density at radius 3 is 2.40 bits per heavy atom. The van der Waals surface area contributed by atoms with Crippen LogP contribution < -0.4 is 10.6 Å². The summed E-state index contributed by atoms with van der Waals surface area (Å²) in [5.74, 6) is -1.07. The number of nitrogens with zero attached hydrogens (tertiary/aromatic N) is 2. The largest absolute Gasteiger partial charge is 0.352 e. The first kappa shape index (κ1) is 16.8. The molecule has 3 aromatic rings. The van der Waals surface area contributed by atoms with Crippen LogP contribution in [0, 0.1) is 11.6 Å². The lowest BCUT2D eigenvalue weighted by Crippen LogP contribution is -2.13. The highest BCUT2D eigenvalue weighted by atomic mass is 19.2. The Balaban J connectivity index is 2.01. The van der Waals surface area contributed by atoms with Crippen molar-refractivity contribution < 1.29 is 8.78 Å². The number of nitrogens with one attached hydrogen (secondary N) is 2. The predicted octanol–water partition coefficient (Wildman–Crippen LogP) is 4.99. The number of halogens is 2. The van der Waals surface area contributed by atoms with E-state index in [9.17, 15) is 8.78 Å². The average molecular weight is 340 g/mol. The normalized spacial score (nSPS) is 10.8. The first-order chi connectivity index (χ1) is 12.0. The van der Waals surface area contributed by atoms with Crippen molar-refractivity contribution in [3.05, 3.63) is 66.2 Å². The summed E-state index contributed by atoms with van der Waals surface area (Å²) in [4.78, 5) is 8.84. The van der Waals surface area contributed by atoms with Gasteiger partial charge in [0.15, 0.2) is 11.6 Å². The van der Waals surface area contributed by atoms with Gasteiger partial charge < -0.3 is 10.6 Å². The Hall–Kier alpha value is -3.02. The quantitative estimate of drug-likeness (QED) is 0.687. The molecule has 0 saturated carbocycles. The molecular weight excluding hydrogens is 322 g/mol. The van der Waals surface area contributed by atoms with Crippen molar-refractivity contribution >= 4 is 17.5 Å². The maximum atomic E-state index is 13.9. The molecule has 2 N–H and O–H groups in total. The third-order valence-corrected chi connectivity index (χ3v) is 3.43. The lowest BCUT2D eigenvalue weighted by atomic mass is 10.1. The summed E-state index contributed by atoms with van der Waals surface area (Å²) < 4.78 is 27.3. The van der Waals surface area contributed by atoms with Crippen LogP contribution in [-0.2, 0) is 0 Å². The second kappa shape index (κ2) is 7.25. The summed E-state index contributed by atoms with van der Waals surface area (Å²) >= 11 is 0. The van der Waals surface area contributed by atoms with E-state index < -0.39 is 11.6 Å². The van der Waals surface area contributed by atoms with Crippen LogP contribution in [0.1, 0.15) is 13.8 Å². The third-order valence-electron chi connectivity index (χ3n) is 3.43. The van der Waals surface area contributed by atoms with Crippen molar-refractivity contribution in [1.29, 1.82) is 0 Å². The zero-order chi connectivity index (χ0) is 17.8. The minimum atomic E-state index is -0.944. The molecule has 4 nitrogen and oxygen atoms in total. The van der Waals surface area contributed by atoms with Gasteiger partial charge in [-0.1, -0.05) is 36.4 Å². The summed E-state index contributed by atoms with van der Waals surface area (Å²) in [7, 11) is 0. The molecule has 0 fully saturated rings. The highest BCUT2D eigenvalue weighted by molar-refractivity contribution is 5.67. The molecule has 2 aromatic carbocycles. The van der Waals surface area contributed by atoms with Gasteiger partial charge in [0, 0.05) is 17.7 Å². The van der Waals surface area contributed by atoms with Crippen molar-refractivity contribution in [3.63, 3.8) is 0 Å². The molecule has 0 spiro atoms. The van der Waals surface area contributed by atoms with Crippen molar-refractivity contribution in [3.8, 4) is 11.3 Å². The Bertz CT molecular complexity index is 867. The monoisotopic (exact) mass is 340 g/mol. The maximum Gasteiger partial charge on any atom is 0.225 e. The fourth-order valence-electron chi connectivity index (χ4n) is 2.33. The van der Waals surface area contributed by atoms with Gasteiger partial charge >= 0.3 is 0 Å². The number of benzene rings is 2. The van der Waals surface area contributed by atoms with E-state index in [2.05, 4.69) is 20.6 Å². The minimum absolute atomic E-state index is 0.0215. The molecule has 6 heteroatoms. The molecule has 0 saturated heterocycles. The van der Waals surface area contributed by atoms with Gasteiger partial charge in [0.2, 0.25) is 5.95 Å². The molecule has 0 unspecified atom stereocenters. The van der Waals surface area contributed by atoms with Gasteiger partial charge in [0.05, 0.1) is 11.4 Å². The summed E-state index contributed by atoms with van der Waals surface area (Å²) in [6.45, 7) is 3.94. The standard InChI is InChI=1S/C19H18F2N4/c1-12(2)22-19-24-16(13-7-4-3-5-8-13)11-17(25-19)23-15-10-6-9-14(20)18(15)21/h3-12H,1-2H3,(H2,22,23,24,25). The lowest BCUT2D eigenvalue weighted by molar-refractivity contribution is 0.511. The number of aromatic nitrogens is 2. The molecule has 128 valence electrons. The fraction of sp³-hybridized carbons (Fsp3) is 0.158. The van der Waals surface area contributed by atoms with E-state index in [4.69, 9.17) is 0 Å². The van der Waals surface area contributed by atoms with E-state index >= 15 is 0 Å². The Morgan fingerprint density at radius 2 is 1.68 bits per heavy atom. The molecule has 0 amide bonds. The van der Waals surface area contributed by atoms with Crippen molar-refractivity contribution in [2.45, 2.75) is 19.9 Å². The van der Waals surface area contributed by atoms with Crippen molar-refractivity contribution in [2.75, 3.05) is 10.6 Å². The molecular formula is C19H18F2N4. The third kappa shape index (κ3) is 4.09. The van der Waals surface area contributed by atoms with E-state index in [1.165, 1.54) is 12.1 Å². The highest BCUT2D eigenvalue weighted by Gasteiger charge is 2.11. The Labute approximate surface area is 145 Å². The highest BCUT2D eigenvalue weighted by Crippen LogP contribution is 2.25. The molecule has 3 rings (SSSR count). The maximum absolute atomic E-state index is 13.9. The van der Waals surface area contributed by atoms with E-state index in [0.717, 1.165) is 11.6 Å². The van der Waals surface area contributed by atoms with Crippen LogP contribution in [0.3, 0.4) is 0 Å². The zero-order valence-electron chi connectivity index (χ0n) is 13.9. The summed E-state index contributed by atoms with van der Waals surface area (Å²) in [6, 6.07) is 15.4. The first-order valence-electron chi connectivity index (χ1n) is 7.95. The van der Waals surface area contributed by atoms with Crippen molar-refractivity contribution in [2.24, 2.45) is 0 Å². The predicted molar refractivity (Wildman–Crippen MR) is 95.9 cm³/mol. The molecule has 0 bridgehead atoms. The smallest absolute Gasteiger partial charge is 0.225 e. The SMILES string of the molecule is CC(C)Nc1nc(Nc2cccc(F)c2F)cc(-c2ccccc2)n1. The van der Waals surface area contributed by atoms with E-state index in [-0.39, 0.29) is 11.7 Å². The van der Waals surface area contributed by atoms with Gasteiger partial charge in [-0.3, -0.25) is 0 Å². The molecule has 1 heterocycles. The van der Waals surface area contributed by atoms with Crippen LogP contribution in [-0.4, -0.2) is 16.0 Å². The van der Waals surface area contributed by atoms with E-state index in [1.54, 1.807) is 6.07 Å². The van der Waals surface area contributed by atoms with Gasteiger partial charge in [-0.05, 0) is 26.0 Å². The second-order valence-corrected chi connectivity index (χ2v) is 5.85. The average Bonchev–Trinajstić information content (AvgIpc) is 2.59. The number of hydrogen-bond acceptors (Lipinski definition) is 4. The van der Waals surface area contributed by atoms with Gasteiger partial charge in [0.1, 0.15) is 5.82 Å². The molecule has 0 aliphatic rings. The van der Waals surface area contributed by atoms with Crippen LogP contribution in [0.2, 0.25) is 0 Å². The Kier molecular flexibility index (Phi) is 4.88. The van der Waals surface area contributed by atoms with Gasteiger partial charge in [-0.15, -0.1) is 0 Å². The van der Waals surface area contributed by atoms with E-state index in [1.807, 2.05) is 44.2 Å². The van der Waals surface area contributed by atoms with Crippen LogP contribution >= 0.6 is 0 Å². The van der Waals surface area contributed by atoms with Crippen LogP contribution in [0.4, 0.5) is 26.2 Å². The topological polar surface area (TPSA) is 49.8 Å². The number of hydrogen-bond donors (Lipinski definition) is 2. The van der Waals surface area contributed by atoms with E-state index in [0.29, 0.717) is 17.5 Å². The summed E-state index contributed by atoms with van der Waals surface area (Å²) in [5.41, 5.74) is 1.60. The molecule has 0 radical (unpaired) electrons. The second-order valence-electron chi connectivity index (χ2n) is 5.85. The van der Waals surface area contributed by atoms with Crippen LogP contribution in [0.25, 0.3) is 11.3 Å². The molecule has 0 aliphatic carbocycles. The van der Waals surface area contributed by atoms with Gasteiger partial charge in [-0.2, -0.15) is 4.98 Å². The zero-order valence-corrected chi connectivity index (χ0v) is 13.9. The summed E-state index contributed by atoms with van der Waals surface area (Å²) in [6.07, 6.45) is 0. The van der Waals surface area contributed by atoms with Crippen LogP contribution in [0.15, 0.2) is 54.6 Å². The molecule has 1 aromatic heterocycles.